The fourth-order valence-corrected chi connectivity index (χ4v) is 1.04. The third kappa shape index (κ3) is 4.21. The highest BCUT2D eigenvalue weighted by molar-refractivity contribution is 5.87. The highest BCUT2D eigenvalue weighted by atomic mass is 16.4. The Balaban J connectivity index is 0.000000171. The molecule has 0 saturated carbocycles. The lowest BCUT2D eigenvalue weighted by Gasteiger charge is -1.88. The van der Waals surface area contributed by atoms with Crippen molar-refractivity contribution in [2.45, 2.75) is 0 Å². The molecule has 1 aromatic heterocycles. The minimum Gasteiger partial charge on any atom is -0.478 e. The smallest absolute Gasteiger partial charge is 0.352 e. The monoisotopic (exact) mass is 233 g/mol. The zero-order valence-corrected chi connectivity index (χ0v) is 8.83. The van der Waals surface area contributed by atoms with E-state index in [4.69, 9.17) is 10.2 Å². The van der Waals surface area contributed by atoms with Gasteiger partial charge in [-0.2, -0.15) is 0 Å². The van der Waals surface area contributed by atoms with Crippen LogP contribution in [0.1, 0.15) is 20.8 Å². The maximum Gasteiger partial charge on any atom is 0.352 e. The molecule has 2 aromatic rings. The molecule has 3 N–H and O–H groups in total. The fourth-order valence-electron chi connectivity index (χ4n) is 1.04. The Bertz CT molecular complexity index is 476. The molecule has 5 nitrogen and oxygen atoms in total. The van der Waals surface area contributed by atoms with Gasteiger partial charge in [-0.15, -0.1) is 0 Å². The normalized spacial score (nSPS) is 8.94. The average molecular weight is 233 g/mol. The summed E-state index contributed by atoms with van der Waals surface area (Å²) < 4.78 is 0. The summed E-state index contributed by atoms with van der Waals surface area (Å²) in [6.45, 7) is 0. The van der Waals surface area contributed by atoms with Crippen molar-refractivity contribution < 1.29 is 19.8 Å². The van der Waals surface area contributed by atoms with Crippen LogP contribution in [0.15, 0.2) is 48.7 Å². The van der Waals surface area contributed by atoms with Gasteiger partial charge in [0.2, 0.25) is 0 Å². The zero-order valence-electron chi connectivity index (χ0n) is 8.83. The number of aromatic nitrogens is 1. The number of hydrogen-bond acceptors (Lipinski definition) is 2. The van der Waals surface area contributed by atoms with Gasteiger partial charge in [-0.3, -0.25) is 0 Å². The Morgan fingerprint density at radius 2 is 1.53 bits per heavy atom. The molecular weight excluding hydrogens is 222 g/mol. The summed E-state index contributed by atoms with van der Waals surface area (Å²) in [6.07, 6.45) is 1.57. The highest BCUT2D eigenvalue weighted by Crippen LogP contribution is 1.96. The topological polar surface area (TPSA) is 90.4 Å². The molecule has 0 radical (unpaired) electrons. The lowest BCUT2D eigenvalue weighted by atomic mass is 10.2. The van der Waals surface area contributed by atoms with Crippen LogP contribution in [-0.2, 0) is 0 Å². The molecule has 0 aliphatic rings. The molecule has 0 amide bonds. The number of aromatic amines is 1. The van der Waals surface area contributed by atoms with Crippen LogP contribution >= 0.6 is 0 Å². The largest absolute Gasteiger partial charge is 0.478 e. The minimum absolute atomic E-state index is 0.227. The van der Waals surface area contributed by atoms with Gasteiger partial charge in [-0.25, -0.2) is 9.59 Å². The summed E-state index contributed by atoms with van der Waals surface area (Å²) in [5.74, 6) is -1.80. The van der Waals surface area contributed by atoms with E-state index >= 15 is 0 Å². The number of carboxylic acids is 2. The molecule has 0 unspecified atom stereocenters. The van der Waals surface area contributed by atoms with Crippen molar-refractivity contribution in [2.75, 3.05) is 0 Å². The van der Waals surface area contributed by atoms with E-state index in [2.05, 4.69) is 4.98 Å². The number of nitrogens with one attached hydrogen (secondary N) is 1. The molecule has 5 heteroatoms. The predicted molar refractivity (Wildman–Crippen MR) is 61.2 cm³/mol. The lowest BCUT2D eigenvalue weighted by Crippen LogP contribution is -1.94. The minimum atomic E-state index is -0.921. The Hall–Kier alpha value is -2.56. The molecule has 1 aromatic carbocycles. The van der Waals surface area contributed by atoms with Crippen molar-refractivity contribution in [3.8, 4) is 0 Å². The lowest BCUT2D eigenvalue weighted by molar-refractivity contribution is 0.0683. The van der Waals surface area contributed by atoms with Crippen LogP contribution in [0.25, 0.3) is 0 Å². The van der Waals surface area contributed by atoms with E-state index in [-0.39, 0.29) is 5.69 Å². The molecular formula is C12H11NO4. The first-order valence-corrected chi connectivity index (χ1v) is 4.76. The van der Waals surface area contributed by atoms with Crippen LogP contribution in [0.2, 0.25) is 0 Å². The van der Waals surface area contributed by atoms with Crippen molar-refractivity contribution in [1.82, 2.24) is 4.98 Å². The summed E-state index contributed by atoms with van der Waals surface area (Å²) in [4.78, 5) is 22.8. The van der Waals surface area contributed by atoms with Crippen molar-refractivity contribution in [2.24, 2.45) is 0 Å². The van der Waals surface area contributed by atoms with Crippen LogP contribution in [0, 0.1) is 0 Å². The summed E-state index contributed by atoms with van der Waals surface area (Å²) >= 11 is 0. The number of hydrogen-bond donors (Lipinski definition) is 3. The SMILES string of the molecule is O=C(O)c1ccc[nH]1.O=C(O)c1ccccc1. The summed E-state index contributed by atoms with van der Waals surface area (Å²) in [5, 5.41) is 16.6. The molecule has 0 spiro atoms. The van der Waals surface area contributed by atoms with Crippen LogP contribution < -0.4 is 0 Å². The highest BCUT2D eigenvalue weighted by Gasteiger charge is 1.98. The Kier molecular flexibility index (Phi) is 4.50. The van der Waals surface area contributed by atoms with Gasteiger partial charge in [0, 0.05) is 6.20 Å². The second-order valence-electron chi connectivity index (χ2n) is 3.06. The molecule has 0 atom stereocenters. The van der Waals surface area contributed by atoms with Crippen LogP contribution in [0.3, 0.4) is 0 Å². The molecule has 0 fully saturated rings. The van der Waals surface area contributed by atoms with Gasteiger partial charge in [0.1, 0.15) is 5.69 Å². The van der Waals surface area contributed by atoms with Gasteiger partial charge in [0.15, 0.2) is 0 Å². The van der Waals surface area contributed by atoms with E-state index in [1.165, 1.54) is 6.07 Å². The number of H-pyrrole nitrogens is 1. The van der Waals surface area contributed by atoms with E-state index in [1.807, 2.05) is 0 Å². The zero-order chi connectivity index (χ0) is 12.7. The number of aromatic carboxylic acids is 2. The number of carboxylic acid groups (broad SMARTS) is 2. The van der Waals surface area contributed by atoms with Gasteiger partial charge in [-0.05, 0) is 24.3 Å². The quantitative estimate of drug-likeness (QED) is 0.740. The number of benzene rings is 1. The molecule has 0 aliphatic heterocycles. The standard InChI is InChI=1S/C7H6O2.C5H5NO2/c8-7(9)6-4-2-1-3-5-6;7-5(8)4-2-1-3-6-4/h1-5H,(H,8,9);1-3,6H,(H,7,8). The van der Waals surface area contributed by atoms with Gasteiger partial charge in [-0.1, -0.05) is 18.2 Å². The molecule has 0 saturated heterocycles. The average Bonchev–Trinajstić information content (AvgIpc) is 2.84. The fraction of sp³-hybridized carbons (Fsp3) is 0. The first-order valence-electron chi connectivity index (χ1n) is 4.76. The molecule has 2 rings (SSSR count). The summed E-state index contributed by atoms with van der Waals surface area (Å²) in [6, 6.07) is 11.4. The molecule has 88 valence electrons. The van der Waals surface area contributed by atoms with Crippen LogP contribution in [0.4, 0.5) is 0 Å². The second kappa shape index (κ2) is 6.12. The van der Waals surface area contributed by atoms with E-state index in [0.717, 1.165) is 0 Å². The Morgan fingerprint density at radius 3 is 1.82 bits per heavy atom. The number of carbonyl (C=O) groups is 2. The molecule has 17 heavy (non-hydrogen) atoms. The molecule has 1 heterocycles. The van der Waals surface area contributed by atoms with E-state index < -0.39 is 11.9 Å². The molecule has 0 bridgehead atoms. The summed E-state index contributed by atoms with van der Waals surface area (Å²) in [7, 11) is 0. The van der Waals surface area contributed by atoms with E-state index in [0.29, 0.717) is 5.56 Å². The van der Waals surface area contributed by atoms with Gasteiger partial charge in [0.25, 0.3) is 0 Å². The van der Waals surface area contributed by atoms with E-state index in [9.17, 15) is 9.59 Å². The van der Waals surface area contributed by atoms with Crippen LogP contribution in [0.5, 0.6) is 0 Å². The van der Waals surface area contributed by atoms with Gasteiger partial charge >= 0.3 is 11.9 Å². The second-order valence-corrected chi connectivity index (χ2v) is 3.06. The maximum atomic E-state index is 10.2. The van der Waals surface area contributed by atoms with Gasteiger partial charge in [0.05, 0.1) is 5.56 Å². The van der Waals surface area contributed by atoms with Gasteiger partial charge < -0.3 is 15.2 Å². The Labute approximate surface area is 97.3 Å². The first-order chi connectivity index (χ1) is 8.11. The van der Waals surface area contributed by atoms with Crippen molar-refractivity contribution in [3.05, 3.63) is 59.9 Å². The first kappa shape index (κ1) is 12.5. The third-order valence-corrected chi connectivity index (χ3v) is 1.85. The third-order valence-electron chi connectivity index (χ3n) is 1.85. The maximum absolute atomic E-state index is 10.2. The van der Waals surface area contributed by atoms with E-state index in [1.54, 1.807) is 42.6 Å². The van der Waals surface area contributed by atoms with Crippen molar-refractivity contribution in [3.63, 3.8) is 0 Å². The van der Waals surface area contributed by atoms with Crippen molar-refractivity contribution >= 4 is 11.9 Å². The predicted octanol–water partition coefficient (Wildman–Crippen LogP) is 2.10. The van der Waals surface area contributed by atoms with Crippen LogP contribution in [-0.4, -0.2) is 27.1 Å². The molecule has 0 aliphatic carbocycles. The summed E-state index contributed by atoms with van der Waals surface area (Å²) in [5.41, 5.74) is 0.558. The Morgan fingerprint density at radius 1 is 0.882 bits per heavy atom. The number of rotatable bonds is 2. The van der Waals surface area contributed by atoms with Crippen molar-refractivity contribution in [1.29, 1.82) is 0 Å².